The van der Waals surface area contributed by atoms with Crippen molar-refractivity contribution >= 4 is 34.3 Å². The zero-order valence-corrected chi connectivity index (χ0v) is 17.5. The first-order chi connectivity index (χ1) is 14.8. The number of esters is 1. The highest BCUT2D eigenvalue weighted by Gasteiger charge is 2.29. The molecule has 3 aromatic heterocycles. The van der Waals surface area contributed by atoms with Gasteiger partial charge in [0.15, 0.2) is 6.10 Å². The SMILES string of the molecule is CC(=O)OC(C)C(=O)c1cc(C)c(-c2cc3cnc(NC(=O)C4CC4)cc3cn2)cn1. The molecule has 0 aliphatic heterocycles. The van der Waals surface area contributed by atoms with Gasteiger partial charge in [-0.25, -0.2) is 4.98 Å². The third-order valence-electron chi connectivity index (χ3n) is 5.15. The number of pyridine rings is 3. The van der Waals surface area contributed by atoms with Crippen molar-refractivity contribution in [3.63, 3.8) is 0 Å². The molecule has 0 bridgehead atoms. The van der Waals surface area contributed by atoms with E-state index in [1.165, 1.54) is 13.8 Å². The number of Topliss-reactive ketones (excluding diaryl/α,β-unsaturated/α-hetero) is 1. The van der Waals surface area contributed by atoms with Crippen molar-refractivity contribution in [2.24, 2.45) is 5.92 Å². The minimum absolute atomic E-state index is 0.00999. The maximum Gasteiger partial charge on any atom is 0.303 e. The molecule has 1 unspecified atom stereocenters. The summed E-state index contributed by atoms with van der Waals surface area (Å²) in [5, 5.41) is 4.57. The number of nitrogens with zero attached hydrogens (tertiary/aromatic N) is 3. The Morgan fingerprint density at radius 2 is 1.74 bits per heavy atom. The number of rotatable bonds is 6. The lowest BCUT2D eigenvalue weighted by Crippen LogP contribution is -2.24. The zero-order chi connectivity index (χ0) is 22.1. The van der Waals surface area contributed by atoms with Crippen LogP contribution < -0.4 is 5.32 Å². The quantitative estimate of drug-likeness (QED) is 0.482. The fraction of sp³-hybridized carbons (Fsp3) is 0.304. The monoisotopic (exact) mass is 418 g/mol. The smallest absolute Gasteiger partial charge is 0.303 e. The third kappa shape index (κ3) is 4.58. The topological polar surface area (TPSA) is 111 Å². The standard InChI is InChI=1S/C23H22N4O4/c1-12-6-20(22(29)13(2)31-14(3)28)25-11-18(12)19-7-16-10-26-21(8-17(16)9-24-19)27-23(30)15-4-5-15/h6-11,13,15H,4-5H2,1-3H3,(H,26,27,30). The highest BCUT2D eigenvalue weighted by Crippen LogP contribution is 2.30. The molecule has 8 nitrogen and oxygen atoms in total. The molecule has 1 saturated carbocycles. The summed E-state index contributed by atoms with van der Waals surface area (Å²) in [6.45, 7) is 4.65. The van der Waals surface area contributed by atoms with Gasteiger partial charge in [0.2, 0.25) is 11.7 Å². The van der Waals surface area contributed by atoms with E-state index in [2.05, 4.69) is 20.3 Å². The van der Waals surface area contributed by atoms with E-state index in [1.807, 2.05) is 13.0 Å². The van der Waals surface area contributed by atoms with Crippen LogP contribution in [-0.4, -0.2) is 38.7 Å². The normalized spacial score (nSPS) is 14.2. The second kappa shape index (κ2) is 8.22. The minimum Gasteiger partial charge on any atom is -0.454 e. The van der Waals surface area contributed by atoms with E-state index in [0.29, 0.717) is 11.5 Å². The summed E-state index contributed by atoms with van der Waals surface area (Å²) in [7, 11) is 0. The number of fused-ring (bicyclic) bond motifs is 1. The summed E-state index contributed by atoms with van der Waals surface area (Å²) >= 11 is 0. The predicted octanol–water partition coefficient (Wildman–Crippen LogP) is 3.48. The number of amides is 1. The predicted molar refractivity (Wildman–Crippen MR) is 114 cm³/mol. The van der Waals surface area contributed by atoms with Gasteiger partial charge in [0, 0.05) is 47.8 Å². The Bertz CT molecular complexity index is 1200. The second-order valence-electron chi connectivity index (χ2n) is 7.75. The number of hydrogen-bond donors (Lipinski definition) is 1. The lowest BCUT2D eigenvalue weighted by molar-refractivity contribution is -0.143. The van der Waals surface area contributed by atoms with Crippen molar-refractivity contribution in [2.75, 3.05) is 5.32 Å². The number of ether oxygens (including phenoxy) is 1. The van der Waals surface area contributed by atoms with Crippen molar-refractivity contribution in [3.05, 3.63) is 48.0 Å². The Balaban J connectivity index is 1.57. The maximum atomic E-state index is 12.4. The van der Waals surface area contributed by atoms with Crippen molar-refractivity contribution < 1.29 is 19.1 Å². The van der Waals surface area contributed by atoms with E-state index in [9.17, 15) is 14.4 Å². The molecule has 158 valence electrons. The van der Waals surface area contributed by atoms with E-state index >= 15 is 0 Å². The zero-order valence-electron chi connectivity index (χ0n) is 17.5. The molecule has 1 atom stereocenters. The van der Waals surface area contributed by atoms with Gasteiger partial charge in [-0.05, 0) is 50.5 Å². The number of aromatic nitrogens is 3. The van der Waals surface area contributed by atoms with Crippen LogP contribution in [0.2, 0.25) is 0 Å². The maximum absolute atomic E-state index is 12.4. The summed E-state index contributed by atoms with van der Waals surface area (Å²) < 4.78 is 4.95. The highest BCUT2D eigenvalue weighted by molar-refractivity contribution is 5.99. The average Bonchev–Trinajstić information content (AvgIpc) is 3.58. The van der Waals surface area contributed by atoms with E-state index in [-0.39, 0.29) is 23.3 Å². The Morgan fingerprint density at radius 3 is 2.42 bits per heavy atom. The molecule has 0 radical (unpaired) electrons. The Morgan fingerprint density at radius 1 is 1.03 bits per heavy atom. The minimum atomic E-state index is -0.894. The number of carbonyl (C=O) groups is 3. The van der Waals surface area contributed by atoms with Gasteiger partial charge < -0.3 is 10.1 Å². The number of anilines is 1. The molecule has 31 heavy (non-hydrogen) atoms. The number of ketones is 1. The third-order valence-corrected chi connectivity index (χ3v) is 5.15. The van der Waals surface area contributed by atoms with Gasteiger partial charge in [-0.15, -0.1) is 0 Å². The Hall–Kier alpha value is -3.68. The molecular weight excluding hydrogens is 396 g/mol. The molecule has 1 amide bonds. The van der Waals surface area contributed by atoms with Crippen molar-refractivity contribution in [2.45, 2.75) is 39.7 Å². The van der Waals surface area contributed by atoms with Gasteiger partial charge in [0.1, 0.15) is 11.5 Å². The summed E-state index contributed by atoms with van der Waals surface area (Å²) in [6.07, 6.45) is 5.99. The lowest BCUT2D eigenvalue weighted by Gasteiger charge is -2.12. The van der Waals surface area contributed by atoms with Crippen LogP contribution in [0.1, 0.15) is 42.7 Å². The fourth-order valence-electron chi connectivity index (χ4n) is 3.30. The molecule has 0 aromatic carbocycles. The van der Waals surface area contributed by atoms with Gasteiger partial charge in [-0.1, -0.05) is 0 Å². The van der Waals surface area contributed by atoms with Crippen molar-refractivity contribution in [1.82, 2.24) is 15.0 Å². The summed E-state index contributed by atoms with van der Waals surface area (Å²) in [5.74, 6) is -0.239. The molecule has 1 aliphatic carbocycles. The van der Waals surface area contributed by atoms with Gasteiger partial charge in [-0.3, -0.25) is 24.4 Å². The van der Waals surface area contributed by atoms with Crippen LogP contribution in [0, 0.1) is 12.8 Å². The number of aryl methyl sites for hydroxylation is 1. The molecule has 8 heteroatoms. The van der Waals surface area contributed by atoms with Gasteiger partial charge in [0.05, 0.1) is 5.69 Å². The molecular formula is C23H22N4O4. The first-order valence-electron chi connectivity index (χ1n) is 10.1. The molecule has 3 heterocycles. The summed E-state index contributed by atoms with van der Waals surface area (Å²) in [6, 6.07) is 5.36. The summed E-state index contributed by atoms with van der Waals surface area (Å²) in [5.41, 5.74) is 2.53. The lowest BCUT2D eigenvalue weighted by atomic mass is 10.0. The van der Waals surface area contributed by atoms with Crippen LogP contribution in [0.3, 0.4) is 0 Å². The molecule has 1 aliphatic rings. The molecule has 0 saturated heterocycles. The number of carbonyl (C=O) groups excluding carboxylic acids is 3. The number of hydrogen-bond acceptors (Lipinski definition) is 7. The highest BCUT2D eigenvalue weighted by atomic mass is 16.5. The van der Waals surface area contributed by atoms with Crippen LogP contribution in [0.15, 0.2) is 36.8 Å². The van der Waals surface area contributed by atoms with Crippen LogP contribution in [0.4, 0.5) is 5.82 Å². The van der Waals surface area contributed by atoms with Crippen LogP contribution in [0.25, 0.3) is 22.0 Å². The van der Waals surface area contributed by atoms with E-state index in [0.717, 1.165) is 34.7 Å². The first-order valence-corrected chi connectivity index (χ1v) is 10.1. The number of nitrogens with one attached hydrogen (secondary N) is 1. The van der Waals surface area contributed by atoms with E-state index < -0.39 is 12.1 Å². The van der Waals surface area contributed by atoms with Gasteiger partial charge in [-0.2, -0.15) is 0 Å². The molecule has 4 rings (SSSR count). The largest absolute Gasteiger partial charge is 0.454 e. The van der Waals surface area contributed by atoms with Gasteiger partial charge >= 0.3 is 5.97 Å². The van der Waals surface area contributed by atoms with Crippen LogP contribution in [0.5, 0.6) is 0 Å². The molecule has 1 fully saturated rings. The van der Waals surface area contributed by atoms with E-state index in [1.54, 1.807) is 30.7 Å². The van der Waals surface area contributed by atoms with Crippen LogP contribution >= 0.6 is 0 Å². The van der Waals surface area contributed by atoms with Crippen LogP contribution in [-0.2, 0) is 14.3 Å². The van der Waals surface area contributed by atoms with E-state index in [4.69, 9.17) is 4.74 Å². The average molecular weight is 418 g/mol. The van der Waals surface area contributed by atoms with Gasteiger partial charge in [0.25, 0.3) is 0 Å². The van der Waals surface area contributed by atoms with Crippen molar-refractivity contribution in [3.8, 4) is 11.3 Å². The second-order valence-corrected chi connectivity index (χ2v) is 7.75. The first kappa shape index (κ1) is 20.6. The van der Waals surface area contributed by atoms with Crippen molar-refractivity contribution in [1.29, 1.82) is 0 Å². The molecule has 0 spiro atoms. The molecule has 3 aromatic rings. The summed E-state index contributed by atoms with van der Waals surface area (Å²) in [4.78, 5) is 48.5. The molecule has 1 N–H and O–H groups in total. The Labute approximate surface area is 179 Å². The Kier molecular flexibility index (Phi) is 5.46. The fourth-order valence-corrected chi connectivity index (χ4v) is 3.30.